The summed E-state index contributed by atoms with van der Waals surface area (Å²) in [7, 11) is -7.37. The van der Waals surface area contributed by atoms with Gasteiger partial charge in [-0.05, 0) is 35.4 Å². The van der Waals surface area contributed by atoms with Gasteiger partial charge in [-0.25, -0.2) is 21.2 Å². The third-order valence-corrected chi connectivity index (χ3v) is 5.34. The molecule has 0 spiro atoms. The summed E-state index contributed by atoms with van der Waals surface area (Å²) in [4.78, 5) is -0.498. The lowest BCUT2D eigenvalue weighted by Gasteiger charge is -2.09. The van der Waals surface area contributed by atoms with Gasteiger partial charge in [0, 0.05) is 12.5 Å². The molecule has 0 aliphatic heterocycles. The van der Waals surface area contributed by atoms with Gasteiger partial charge in [-0.3, -0.25) is 0 Å². The summed E-state index contributed by atoms with van der Waals surface area (Å²) in [5.74, 6) is -0.408. The monoisotopic (exact) mass is 328 g/mol. The van der Waals surface area contributed by atoms with E-state index < -0.39 is 25.5 Å². The standard InChI is InChI=1S/C14H13FO4S2/c1-20(16,17)13-8-5-11(9-14(13)21(2,18)19)10-3-6-12(15)7-4-10/h3-9H,1-2H3. The maximum atomic E-state index is 12.9. The second-order valence-electron chi connectivity index (χ2n) is 4.71. The van der Waals surface area contributed by atoms with Gasteiger partial charge in [0.2, 0.25) is 0 Å². The zero-order valence-corrected chi connectivity index (χ0v) is 13.0. The quantitative estimate of drug-likeness (QED) is 0.867. The highest BCUT2D eigenvalue weighted by atomic mass is 32.2. The molecule has 7 heteroatoms. The van der Waals surface area contributed by atoms with Crippen molar-refractivity contribution in [3.8, 4) is 11.1 Å². The molecule has 0 aromatic heterocycles. The zero-order valence-electron chi connectivity index (χ0n) is 11.4. The van der Waals surface area contributed by atoms with E-state index in [1.165, 1.54) is 42.5 Å². The van der Waals surface area contributed by atoms with Crippen molar-refractivity contribution in [2.45, 2.75) is 9.79 Å². The largest absolute Gasteiger partial charge is 0.224 e. The van der Waals surface area contributed by atoms with Crippen LogP contribution in [0.1, 0.15) is 0 Å². The van der Waals surface area contributed by atoms with Crippen molar-refractivity contribution < 1.29 is 21.2 Å². The Labute approximate surface area is 123 Å². The van der Waals surface area contributed by atoms with E-state index in [0.717, 1.165) is 12.5 Å². The van der Waals surface area contributed by atoms with Crippen molar-refractivity contribution in [3.05, 3.63) is 48.3 Å². The molecule has 0 atom stereocenters. The third-order valence-electron chi connectivity index (χ3n) is 2.92. The van der Waals surface area contributed by atoms with Gasteiger partial charge in [0.1, 0.15) is 5.82 Å². The van der Waals surface area contributed by atoms with Crippen LogP contribution in [0.2, 0.25) is 0 Å². The molecule has 21 heavy (non-hydrogen) atoms. The number of hydrogen-bond acceptors (Lipinski definition) is 4. The zero-order chi connectivity index (χ0) is 15.8. The molecule has 0 N–H and O–H groups in total. The first-order valence-corrected chi connectivity index (χ1v) is 9.67. The van der Waals surface area contributed by atoms with Gasteiger partial charge in [-0.15, -0.1) is 0 Å². The Bertz CT molecular complexity index is 883. The molecule has 0 radical (unpaired) electrons. The first-order valence-electron chi connectivity index (χ1n) is 5.89. The lowest BCUT2D eigenvalue weighted by molar-refractivity contribution is 0.589. The Hall–Kier alpha value is -1.73. The molecule has 2 aromatic rings. The van der Waals surface area contributed by atoms with Gasteiger partial charge >= 0.3 is 0 Å². The molecule has 0 aliphatic carbocycles. The van der Waals surface area contributed by atoms with E-state index in [1.807, 2.05) is 0 Å². The summed E-state index contributed by atoms with van der Waals surface area (Å²) in [6.07, 6.45) is 1.90. The van der Waals surface area contributed by atoms with Crippen LogP contribution >= 0.6 is 0 Å². The Morgan fingerprint density at radius 1 is 0.714 bits per heavy atom. The van der Waals surface area contributed by atoms with Gasteiger partial charge in [-0.2, -0.15) is 0 Å². The van der Waals surface area contributed by atoms with Crippen molar-refractivity contribution in [2.24, 2.45) is 0 Å². The number of halogens is 1. The van der Waals surface area contributed by atoms with Crippen molar-refractivity contribution in [2.75, 3.05) is 12.5 Å². The number of benzene rings is 2. The Balaban J connectivity index is 2.71. The van der Waals surface area contributed by atoms with Gasteiger partial charge < -0.3 is 0 Å². The van der Waals surface area contributed by atoms with Crippen LogP contribution in [-0.4, -0.2) is 29.3 Å². The number of rotatable bonds is 3. The van der Waals surface area contributed by atoms with Crippen molar-refractivity contribution in [3.63, 3.8) is 0 Å². The van der Waals surface area contributed by atoms with Crippen LogP contribution in [0.4, 0.5) is 4.39 Å². The fraction of sp³-hybridized carbons (Fsp3) is 0.143. The van der Waals surface area contributed by atoms with Gasteiger partial charge in [-0.1, -0.05) is 18.2 Å². The van der Waals surface area contributed by atoms with Crippen LogP contribution in [-0.2, 0) is 19.7 Å². The van der Waals surface area contributed by atoms with E-state index in [-0.39, 0.29) is 9.79 Å². The molecule has 0 fully saturated rings. The molecular formula is C14H13FO4S2. The maximum Gasteiger partial charge on any atom is 0.176 e. The van der Waals surface area contributed by atoms with Gasteiger partial charge in [0.25, 0.3) is 0 Å². The minimum absolute atomic E-state index is 0.240. The third kappa shape index (κ3) is 3.48. The van der Waals surface area contributed by atoms with E-state index in [0.29, 0.717) is 11.1 Å². The van der Waals surface area contributed by atoms with E-state index in [4.69, 9.17) is 0 Å². The van der Waals surface area contributed by atoms with Crippen LogP contribution in [0.25, 0.3) is 11.1 Å². The highest BCUT2D eigenvalue weighted by Gasteiger charge is 2.21. The molecular weight excluding hydrogens is 315 g/mol. The van der Waals surface area contributed by atoms with E-state index in [9.17, 15) is 21.2 Å². The highest BCUT2D eigenvalue weighted by molar-refractivity contribution is 7.93. The molecule has 2 rings (SSSR count). The topological polar surface area (TPSA) is 68.3 Å². The molecule has 112 valence electrons. The summed E-state index contributed by atoms with van der Waals surface area (Å²) >= 11 is 0. The second-order valence-corrected chi connectivity index (χ2v) is 8.68. The Kier molecular flexibility index (Phi) is 3.90. The summed E-state index contributed by atoms with van der Waals surface area (Å²) in [5, 5.41) is 0. The number of hydrogen-bond donors (Lipinski definition) is 0. The van der Waals surface area contributed by atoms with Crippen molar-refractivity contribution in [1.82, 2.24) is 0 Å². The summed E-state index contributed by atoms with van der Waals surface area (Å²) in [6, 6.07) is 9.54. The van der Waals surface area contributed by atoms with E-state index >= 15 is 0 Å². The predicted octanol–water partition coefficient (Wildman–Crippen LogP) is 2.30. The molecule has 0 amide bonds. The molecule has 4 nitrogen and oxygen atoms in total. The summed E-state index contributed by atoms with van der Waals surface area (Å²) in [5.41, 5.74) is 1.10. The molecule has 0 saturated heterocycles. The molecule has 0 heterocycles. The van der Waals surface area contributed by atoms with Crippen LogP contribution < -0.4 is 0 Å². The predicted molar refractivity (Wildman–Crippen MR) is 78.1 cm³/mol. The second kappa shape index (κ2) is 5.23. The van der Waals surface area contributed by atoms with Crippen LogP contribution in [0.3, 0.4) is 0 Å². The van der Waals surface area contributed by atoms with Gasteiger partial charge in [0.05, 0.1) is 9.79 Å². The van der Waals surface area contributed by atoms with Crippen molar-refractivity contribution >= 4 is 19.7 Å². The average Bonchev–Trinajstić information content (AvgIpc) is 2.37. The maximum absolute atomic E-state index is 12.9. The summed E-state index contributed by atoms with van der Waals surface area (Å²) in [6.45, 7) is 0. The number of sulfone groups is 2. The van der Waals surface area contributed by atoms with Crippen LogP contribution in [0.5, 0.6) is 0 Å². The smallest absolute Gasteiger partial charge is 0.176 e. The minimum atomic E-state index is -3.71. The molecule has 0 bridgehead atoms. The lowest BCUT2D eigenvalue weighted by atomic mass is 10.1. The molecule has 0 unspecified atom stereocenters. The SMILES string of the molecule is CS(=O)(=O)c1ccc(-c2ccc(F)cc2)cc1S(C)(=O)=O. The molecule has 0 saturated carbocycles. The first-order chi connectivity index (χ1) is 9.59. The Morgan fingerprint density at radius 3 is 1.67 bits per heavy atom. The minimum Gasteiger partial charge on any atom is -0.224 e. The summed E-state index contributed by atoms with van der Waals surface area (Å²) < 4.78 is 59.9. The Morgan fingerprint density at radius 2 is 1.19 bits per heavy atom. The van der Waals surface area contributed by atoms with E-state index in [1.54, 1.807) is 0 Å². The van der Waals surface area contributed by atoms with Crippen LogP contribution in [0.15, 0.2) is 52.3 Å². The molecule has 0 aliphatic rings. The van der Waals surface area contributed by atoms with Crippen LogP contribution in [0, 0.1) is 5.82 Å². The van der Waals surface area contributed by atoms with Gasteiger partial charge in [0.15, 0.2) is 19.7 Å². The fourth-order valence-corrected chi connectivity index (χ4v) is 4.35. The normalized spacial score (nSPS) is 12.3. The highest BCUT2D eigenvalue weighted by Crippen LogP contribution is 2.28. The first kappa shape index (κ1) is 15.7. The lowest BCUT2D eigenvalue weighted by Crippen LogP contribution is -2.07. The molecule has 2 aromatic carbocycles. The average molecular weight is 328 g/mol. The van der Waals surface area contributed by atoms with Crippen molar-refractivity contribution in [1.29, 1.82) is 0 Å². The fourth-order valence-electron chi connectivity index (χ4n) is 1.93. The van der Waals surface area contributed by atoms with E-state index in [2.05, 4.69) is 0 Å².